The van der Waals surface area contributed by atoms with Crippen LogP contribution in [0.15, 0.2) is 29.6 Å². The zero-order valence-corrected chi connectivity index (χ0v) is 11.3. The highest BCUT2D eigenvalue weighted by molar-refractivity contribution is 7.10. The fourth-order valence-electron chi connectivity index (χ4n) is 2.60. The van der Waals surface area contributed by atoms with Gasteiger partial charge in [-0.2, -0.15) is 0 Å². The van der Waals surface area contributed by atoms with Crippen molar-refractivity contribution in [3.05, 3.63) is 57.3 Å². The van der Waals surface area contributed by atoms with Crippen molar-refractivity contribution in [2.45, 2.75) is 31.8 Å². The Morgan fingerprint density at radius 3 is 3.00 bits per heavy atom. The Kier molecular flexibility index (Phi) is 3.62. The van der Waals surface area contributed by atoms with Gasteiger partial charge in [0.15, 0.2) is 0 Å². The van der Waals surface area contributed by atoms with Gasteiger partial charge in [0.25, 0.3) is 0 Å². The molecule has 3 rings (SSSR count). The molecule has 1 heterocycles. The summed E-state index contributed by atoms with van der Waals surface area (Å²) in [4.78, 5) is 1.43. The zero-order valence-electron chi connectivity index (χ0n) is 10.5. The lowest BCUT2D eigenvalue weighted by molar-refractivity contribution is 0.455. The average molecular weight is 279 g/mol. The van der Waals surface area contributed by atoms with Gasteiger partial charge in [0.2, 0.25) is 0 Å². The number of halogens is 2. The lowest BCUT2D eigenvalue weighted by atomic mass is 9.94. The maximum absolute atomic E-state index is 13.6. The van der Waals surface area contributed by atoms with Crippen molar-refractivity contribution < 1.29 is 8.78 Å². The van der Waals surface area contributed by atoms with Gasteiger partial charge in [-0.25, -0.2) is 8.78 Å². The molecule has 4 heteroatoms. The molecule has 1 atom stereocenters. The Morgan fingerprint density at radius 1 is 1.26 bits per heavy atom. The molecule has 0 radical (unpaired) electrons. The Morgan fingerprint density at radius 2 is 2.16 bits per heavy atom. The molecular formula is C15H15F2NS. The number of aryl methyl sites for hydroxylation is 1. The van der Waals surface area contributed by atoms with Crippen LogP contribution in [0, 0.1) is 11.6 Å². The minimum Gasteiger partial charge on any atom is -0.306 e. The second-order valence-corrected chi connectivity index (χ2v) is 5.86. The van der Waals surface area contributed by atoms with Gasteiger partial charge in [0, 0.05) is 29.1 Å². The lowest BCUT2D eigenvalue weighted by Crippen LogP contribution is -2.24. The van der Waals surface area contributed by atoms with E-state index in [-0.39, 0.29) is 0 Å². The molecule has 1 unspecified atom stereocenters. The summed E-state index contributed by atoms with van der Waals surface area (Å²) in [6.07, 6.45) is 3.39. The second kappa shape index (κ2) is 5.39. The molecule has 0 saturated carbocycles. The summed E-state index contributed by atoms with van der Waals surface area (Å²) in [6, 6.07) is 6.19. The van der Waals surface area contributed by atoms with E-state index in [9.17, 15) is 8.78 Å². The number of thiophene rings is 1. The standard InChI is InChI=1S/C15H15F2NS/c16-11-5-4-10(13(17)8-11)9-18-14-2-1-3-15-12(14)6-7-19-15/h4-8,14,18H,1-3,9H2. The third-order valence-electron chi connectivity index (χ3n) is 3.61. The first kappa shape index (κ1) is 12.8. The van der Waals surface area contributed by atoms with Gasteiger partial charge in [-0.05, 0) is 42.3 Å². The van der Waals surface area contributed by atoms with Gasteiger partial charge in [-0.1, -0.05) is 6.07 Å². The van der Waals surface area contributed by atoms with Crippen LogP contribution in [-0.2, 0) is 13.0 Å². The number of hydrogen-bond acceptors (Lipinski definition) is 2. The molecular weight excluding hydrogens is 264 g/mol. The summed E-state index contributed by atoms with van der Waals surface area (Å²) in [5, 5.41) is 5.50. The predicted octanol–water partition coefficient (Wildman–Crippen LogP) is 4.19. The topological polar surface area (TPSA) is 12.0 Å². The van der Waals surface area contributed by atoms with Gasteiger partial charge in [0.1, 0.15) is 11.6 Å². The van der Waals surface area contributed by atoms with E-state index < -0.39 is 11.6 Å². The second-order valence-electron chi connectivity index (χ2n) is 4.86. The molecule has 0 fully saturated rings. The smallest absolute Gasteiger partial charge is 0.130 e. The molecule has 19 heavy (non-hydrogen) atoms. The molecule has 0 amide bonds. The van der Waals surface area contributed by atoms with E-state index in [0.29, 0.717) is 18.2 Å². The van der Waals surface area contributed by atoms with Crippen molar-refractivity contribution in [2.75, 3.05) is 0 Å². The van der Waals surface area contributed by atoms with Crippen molar-refractivity contribution >= 4 is 11.3 Å². The minimum atomic E-state index is -0.529. The molecule has 1 N–H and O–H groups in total. The molecule has 2 aromatic rings. The lowest BCUT2D eigenvalue weighted by Gasteiger charge is -2.24. The van der Waals surface area contributed by atoms with Crippen LogP contribution in [0.1, 0.15) is 34.9 Å². The van der Waals surface area contributed by atoms with Crippen LogP contribution < -0.4 is 5.32 Å². The highest BCUT2D eigenvalue weighted by atomic mass is 32.1. The van der Waals surface area contributed by atoms with Gasteiger partial charge in [-0.15, -0.1) is 11.3 Å². The number of rotatable bonds is 3. The fourth-order valence-corrected chi connectivity index (χ4v) is 3.58. The van der Waals surface area contributed by atoms with Crippen molar-refractivity contribution in [1.82, 2.24) is 5.32 Å². The molecule has 1 aromatic heterocycles. The summed E-state index contributed by atoms with van der Waals surface area (Å²) in [7, 11) is 0. The Hall–Kier alpha value is -1.26. The van der Waals surface area contributed by atoms with Gasteiger partial charge in [0.05, 0.1) is 0 Å². The van der Waals surface area contributed by atoms with Crippen molar-refractivity contribution in [1.29, 1.82) is 0 Å². The van der Waals surface area contributed by atoms with Gasteiger partial charge < -0.3 is 5.32 Å². The van der Waals surface area contributed by atoms with Crippen molar-refractivity contribution in [3.8, 4) is 0 Å². The summed E-state index contributed by atoms with van der Waals surface area (Å²) < 4.78 is 26.4. The summed E-state index contributed by atoms with van der Waals surface area (Å²) in [6.45, 7) is 0.437. The summed E-state index contributed by atoms with van der Waals surface area (Å²) in [5.41, 5.74) is 1.86. The SMILES string of the molecule is Fc1ccc(CNC2CCCc3sccc32)c(F)c1. The van der Waals surface area contributed by atoms with Crippen LogP contribution in [0.3, 0.4) is 0 Å². The van der Waals surface area contributed by atoms with Crippen LogP contribution in [0.5, 0.6) is 0 Å². The summed E-state index contributed by atoms with van der Waals surface area (Å²) in [5.74, 6) is -1.01. The Balaban J connectivity index is 1.71. The van der Waals surface area contributed by atoms with Crippen LogP contribution in [0.4, 0.5) is 8.78 Å². The van der Waals surface area contributed by atoms with Gasteiger partial charge in [-0.3, -0.25) is 0 Å². The molecule has 1 nitrogen and oxygen atoms in total. The number of benzene rings is 1. The van der Waals surface area contributed by atoms with Crippen molar-refractivity contribution in [3.63, 3.8) is 0 Å². The molecule has 0 aliphatic heterocycles. The molecule has 0 spiro atoms. The largest absolute Gasteiger partial charge is 0.306 e. The van der Waals surface area contributed by atoms with E-state index in [0.717, 1.165) is 25.3 Å². The van der Waals surface area contributed by atoms with Crippen LogP contribution in [0.2, 0.25) is 0 Å². The molecule has 100 valence electrons. The summed E-state index contributed by atoms with van der Waals surface area (Å²) >= 11 is 1.79. The van der Waals surface area contributed by atoms with E-state index in [1.54, 1.807) is 11.3 Å². The maximum atomic E-state index is 13.6. The maximum Gasteiger partial charge on any atom is 0.130 e. The van der Waals surface area contributed by atoms with Gasteiger partial charge >= 0.3 is 0 Å². The third-order valence-corrected chi connectivity index (χ3v) is 4.60. The third kappa shape index (κ3) is 2.69. The first-order valence-electron chi connectivity index (χ1n) is 6.47. The first-order valence-corrected chi connectivity index (χ1v) is 7.35. The zero-order chi connectivity index (χ0) is 13.2. The van der Waals surface area contributed by atoms with Crippen LogP contribution >= 0.6 is 11.3 Å². The minimum absolute atomic E-state index is 0.291. The number of fused-ring (bicyclic) bond motifs is 1. The molecule has 0 bridgehead atoms. The van der Waals surface area contributed by atoms with E-state index in [1.165, 1.54) is 22.6 Å². The highest BCUT2D eigenvalue weighted by Gasteiger charge is 2.20. The predicted molar refractivity (Wildman–Crippen MR) is 73.2 cm³/mol. The van der Waals surface area contributed by atoms with E-state index >= 15 is 0 Å². The van der Waals surface area contributed by atoms with Crippen LogP contribution in [0.25, 0.3) is 0 Å². The van der Waals surface area contributed by atoms with E-state index in [2.05, 4.69) is 16.8 Å². The first-order chi connectivity index (χ1) is 9.24. The monoisotopic (exact) mass is 279 g/mol. The normalized spacial score (nSPS) is 18.3. The molecule has 1 aliphatic rings. The van der Waals surface area contributed by atoms with Crippen LogP contribution in [-0.4, -0.2) is 0 Å². The number of nitrogens with one attached hydrogen (secondary N) is 1. The highest BCUT2D eigenvalue weighted by Crippen LogP contribution is 2.33. The Bertz CT molecular complexity index is 579. The average Bonchev–Trinajstić information content (AvgIpc) is 2.86. The van der Waals surface area contributed by atoms with E-state index in [4.69, 9.17) is 0 Å². The van der Waals surface area contributed by atoms with E-state index in [1.807, 2.05) is 0 Å². The number of hydrogen-bond donors (Lipinski definition) is 1. The fraction of sp³-hybridized carbons (Fsp3) is 0.333. The molecule has 1 aromatic carbocycles. The quantitative estimate of drug-likeness (QED) is 0.888. The Labute approximate surface area is 115 Å². The molecule has 1 aliphatic carbocycles. The van der Waals surface area contributed by atoms with Crippen molar-refractivity contribution in [2.24, 2.45) is 0 Å². The molecule has 0 saturated heterocycles.